The normalized spacial score (nSPS) is 55.5. The molecule has 12 unspecified atom stereocenters. The van der Waals surface area contributed by atoms with Gasteiger partial charge in [-0.25, -0.2) is 0 Å². The molecular weight excluding hydrogens is 436 g/mol. The first-order valence-corrected chi connectivity index (χ1v) is 15.1. The van der Waals surface area contributed by atoms with E-state index in [1.54, 1.807) is 0 Å². The Bertz CT molecular complexity index is 806. The SMILES string of the molecule is CNCC1CCC2CC34C(O)CC5(C)CCCC(O)(C5)C3CC43CC(CCCC(C)O)CC3C2N1. The third kappa shape index (κ3) is 3.65. The Balaban J connectivity index is 1.36. The van der Waals surface area contributed by atoms with Crippen molar-refractivity contribution in [2.45, 2.75) is 134 Å². The van der Waals surface area contributed by atoms with Crippen molar-refractivity contribution in [3.8, 4) is 0 Å². The molecule has 6 rings (SSSR count). The van der Waals surface area contributed by atoms with Crippen LogP contribution in [0, 0.1) is 39.9 Å². The Morgan fingerprint density at radius 2 is 1.94 bits per heavy atom. The van der Waals surface area contributed by atoms with Gasteiger partial charge in [-0.3, -0.25) is 0 Å². The molecule has 12 atom stereocenters. The molecule has 0 radical (unpaired) electrons. The summed E-state index contributed by atoms with van der Waals surface area (Å²) in [5.41, 5.74) is -0.392. The second-order valence-corrected chi connectivity index (χ2v) is 14.8. The lowest BCUT2D eigenvalue weighted by atomic mass is 9.31. The van der Waals surface area contributed by atoms with Gasteiger partial charge < -0.3 is 26.0 Å². The Morgan fingerprint density at radius 3 is 2.71 bits per heavy atom. The summed E-state index contributed by atoms with van der Waals surface area (Å²) >= 11 is 0. The van der Waals surface area contributed by atoms with Crippen LogP contribution < -0.4 is 10.6 Å². The quantitative estimate of drug-likeness (QED) is 0.390. The number of hydrogen-bond donors (Lipinski definition) is 5. The molecule has 2 bridgehead atoms. The molecule has 5 N–H and O–H groups in total. The third-order valence-corrected chi connectivity index (χ3v) is 12.7. The standard InChI is InChI=1S/C30H52N2O3/c1-19(33)6-4-7-20-12-23-26-21(8-9-22(32-26)17-31-3)14-30-24(15-28(23,30)13-20)29(35)11-5-10-27(2,18-29)16-25(30)34/h19-26,31-35H,4-18H2,1-3H3. The largest absolute Gasteiger partial charge is 0.393 e. The second-order valence-electron chi connectivity index (χ2n) is 14.8. The van der Waals surface area contributed by atoms with Crippen LogP contribution in [0.5, 0.6) is 0 Å². The molecule has 5 heteroatoms. The average molecular weight is 489 g/mol. The smallest absolute Gasteiger partial charge is 0.0687 e. The maximum Gasteiger partial charge on any atom is 0.0687 e. The lowest BCUT2D eigenvalue weighted by Crippen LogP contribution is -2.76. The highest BCUT2D eigenvalue weighted by Crippen LogP contribution is 2.82. The van der Waals surface area contributed by atoms with Gasteiger partial charge in [-0.1, -0.05) is 26.2 Å². The summed E-state index contributed by atoms with van der Waals surface area (Å²) in [4.78, 5) is 0. The van der Waals surface area contributed by atoms with Gasteiger partial charge in [-0.05, 0) is 119 Å². The van der Waals surface area contributed by atoms with Crippen LogP contribution in [0.1, 0.15) is 104 Å². The Kier molecular flexibility index (Phi) is 6.21. The molecule has 5 saturated carbocycles. The predicted octanol–water partition coefficient (Wildman–Crippen LogP) is 3.99. The highest BCUT2D eigenvalue weighted by atomic mass is 16.3. The summed E-state index contributed by atoms with van der Waals surface area (Å²) in [6, 6.07) is 1.12. The van der Waals surface area contributed by atoms with E-state index in [9.17, 15) is 15.3 Å². The highest BCUT2D eigenvalue weighted by molar-refractivity contribution is 5.29. The van der Waals surface area contributed by atoms with Crippen molar-refractivity contribution in [2.24, 2.45) is 39.9 Å². The molecule has 0 aromatic rings. The molecule has 1 aliphatic heterocycles. The van der Waals surface area contributed by atoms with Crippen LogP contribution in [0.4, 0.5) is 0 Å². The van der Waals surface area contributed by atoms with Crippen LogP contribution in [0.25, 0.3) is 0 Å². The molecule has 5 aliphatic carbocycles. The zero-order valence-corrected chi connectivity index (χ0v) is 22.6. The van der Waals surface area contributed by atoms with Gasteiger partial charge in [0.1, 0.15) is 0 Å². The summed E-state index contributed by atoms with van der Waals surface area (Å²) in [5.74, 6) is 2.23. The molecular formula is C30H52N2O3. The van der Waals surface area contributed by atoms with Gasteiger partial charge in [-0.15, -0.1) is 0 Å². The molecule has 6 aliphatic rings. The van der Waals surface area contributed by atoms with Crippen LogP contribution >= 0.6 is 0 Å². The number of rotatable bonds is 6. The zero-order chi connectivity index (χ0) is 24.6. The van der Waals surface area contributed by atoms with Crippen molar-refractivity contribution in [1.29, 1.82) is 0 Å². The van der Waals surface area contributed by atoms with E-state index < -0.39 is 5.60 Å². The number of hydrogen-bond acceptors (Lipinski definition) is 5. The number of likely N-dealkylation sites (N-methyl/N-ethyl adjacent to an activating group) is 1. The van der Waals surface area contributed by atoms with E-state index >= 15 is 0 Å². The first-order chi connectivity index (χ1) is 16.6. The van der Waals surface area contributed by atoms with E-state index in [4.69, 9.17) is 0 Å². The van der Waals surface area contributed by atoms with Crippen LogP contribution in [0.15, 0.2) is 0 Å². The van der Waals surface area contributed by atoms with E-state index in [1.807, 2.05) is 6.92 Å². The summed E-state index contributed by atoms with van der Waals surface area (Å²) in [6.07, 6.45) is 15.0. The van der Waals surface area contributed by atoms with E-state index in [1.165, 1.54) is 32.1 Å². The maximum atomic E-state index is 12.2. The molecule has 5 nitrogen and oxygen atoms in total. The van der Waals surface area contributed by atoms with Gasteiger partial charge in [-0.2, -0.15) is 0 Å². The van der Waals surface area contributed by atoms with Gasteiger partial charge in [0.05, 0.1) is 17.8 Å². The van der Waals surface area contributed by atoms with E-state index in [-0.39, 0.29) is 34.4 Å². The fourth-order valence-electron chi connectivity index (χ4n) is 11.6. The number of fused-ring (bicyclic) bond motifs is 5. The minimum Gasteiger partial charge on any atom is -0.393 e. The second kappa shape index (κ2) is 8.66. The average Bonchev–Trinajstić information content (AvgIpc) is 3.15. The number of aliphatic hydroxyl groups excluding tert-OH is 2. The van der Waals surface area contributed by atoms with Gasteiger partial charge in [0.2, 0.25) is 0 Å². The summed E-state index contributed by atoms with van der Waals surface area (Å²) in [5, 5.41) is 41.8. The van der Waals surface area contributed by atoms with Gasteiger partial charge >= 0.3 is 0 Å². The zero-order valence-electron chi connectivity index (χ0n) is 22.6. The third-order valence-electron chi connectivity index (χ3n) is 12.7. The molecule has 35 heavy (non-hydrogen) atoms. The molecule has 0 aromatic carbocycles. The number of nitrogens with one attached hydrogen (secondary N) is 2. The van der Waals surface area contributed by atoms with Crippen molar-refractivity contribution in [1.82, 2.24) is 10.6 Å². The lowest BCUT2D eigenvalue weighted by Gasteiger charge is -2.75. The van der Waals surface area contributed by atoms with E-state index in [0.717, 1.165) is 64.3 Å². The molecule has 200 valence electrons. The summed E-state index contributed by atoms with van der Waals surface area (Å²) < 4.78 is 0. The van der Waals surface area contributed by atoms with Crippen molar-refractivity contribution in [3.05, 3.63) is 0 Å². The van der Waals surface area contributed by atoms with E-state index in [0.29, 0.717) is 29.8 Å². The topological polar surface area (TPSA) is 84.8 Å². The maximum absolute atomic E-state index is 12.2. The van der Waals surface area contributed by atoms with Gasteiger partial charge in [0.25, 0.3) is 0 Å². The fraction of sp³-hybridized carbons (Fsp3) is 1.00. The molecule has 6 fully saturated rings. The van der Waals surface area contributed by atoms with Crippen LogP contribution in [-0.2, 0) is 0 Å². The molecule has 0 amide bonds. The Labute approximate surface area is 213 Å². The Hall–Kier alpha value is -0.200. The van der Waals surface area contributed by atoms with E-state index in [2.05, 4.69) is 24.6 Å². The molecule has 1 saturated heterocycles. The minimum absolute atomic E-state index is 0.0873. The van der Waals surface area contributed by atoms with Crippen molar-refractivity contribution >= 4 is 0 Å². The first-order valence-electron chi connectivity index (χ1n) is 15.1. The van der Waals surface area contributed by atoms with Crippen LogP contribution in [0.2, 0.25) is 0 Å². The van der Waals surface area contributed by atoms with Crippen LogP contribution in [0.3, 0.4) is 0 Å². The summed E-state index contributed by atoms with van der Waals surface area (Å²) in [7, 11) is 2.07. The fourth-order valence-corrected chi connectivity index (χ4v) is 11.6. The molecule has 1 heterocycles. The van der Waals surface area contributed by atoms with Crippen molar-refractivity contribution in [2.75, 3.05) is 13.6 Å². The molecule has 0 aromatic heterocycles. The highest BCUT2D eigenvalue weighted by Gasteiger charge is 2.80. The minimum atomic E-state index is -0.575. The van der Waals surface area contributed by atoms with Gasteiger partial charge in [0.15, 0.2) is 0 Å². The van der Waals surface area contributed by atoms with Crippen molar-refractivity contribution in [3.63, 3.8) is 0 Å². The first kappa shape index (κ1) is 25.1. The molecule has 2 spiro atoms. The van der Waals surface area contributed by atoms with Crippen molar-refractivity contribution < 1.29 is 15.3 Å². The number of aliphatic hydroxyl groups is 3. The summed E-state index contributed by atoms with van der Waals surface area (Å²) in [6.45, 7) is 5.31. The van der Waals surface area contributed by atoms with Crippen LogP contribution in [-0.4, -0.2) is 58.8 Å². The number of piperidine rings is 1. The monoisotopic (exact) mass is 488 g/mol. The van der Waals surface area contributed by atoms with Gasteiger partial charge in [0, 0.05) is 24.0 Å². The lowest BCUT2D eigenvalue weighted by molar-refractivity contribution is -0.305. The Morgan fingerprint density at radius 1 is 1.11 bits per heavy atom. The predicted molar refractivity (Wildman–Crippen MR) is 139 cm³/mol.